The average Bonchev–Trinajstić information content (AvgIpc) is 3.51. The van der Waals surface area contributed by atoms with E-state index in [-0.39, 0.29) is 5.76 Å². The van der Waals surface area contributed by atoms with Gasteiger partial charge in [0.2, 0.25) is 0 Å². The Balaban J connectivity index is 1.28. The largest absolute Gasteiger partial charge is 0.465 e. The average molecular weight is 438 g/mol. The van der Waals surface area contributed by atoms with Crippen LogP contribution in [0.2, 0.25) is 0 Å². The number of ether oxygens (including phenoxy) is 1. The molecule has 2 heterocycles. The molecule has 7 nitrogen and oxygen atoms in total. The number of carbonyl (C=O) groups excluding carboxylic acids is 2. The minimum absolute atomic E-state index is 0.171. The topological polar surface area (TPSA) is 94.0 Å². The van der Waals surface area contributed by atoms with Crippen molar-refractivity contribution in [3.63, 3.8) is 0 Å². The van der Waals surface area contributed by atoms with Crippen LogP contribution in [0.5, 0.6) is 0 Å². The van der Waals surface area contributed by atoms with E-state index in [1.165, 1.54) is 13.3 Å². The van der Waals surface area contributed by atoms with Crippen LogP contribution in [-0.2, 0) is 4.74 Å². The number of furan rings is 2. The van der Waals surface area contributed by atoms with Crippen LogP contribution in [0.25, 0.3) is 33.1 Å². The Bertz CT molecular complexity index is 1510. The van der Waals surface area contributed by atoms with Gasteiger partial charge in [-0.1, -0.05) is 42.5 Å². The first-order valence-corrected chi connectivity index (χ1v) is 10.2. The fourth-order valence-corrected chi connectivity index (χ4v) is 3.58. The molecule has 0 fully saturated rings. The maximum atomic E-state index is 12.5. The maximum Gasteiger partial charge on any atom is 0.337 e. The summed E-state index contributed by atoms with van der Waals surface area (Å²) < 4.78 is 16.1. The van der Waals surface area contributed by atoms with Gasteiger partial charge in [-0.3, -0.25) is 4.79 Å². The molecule has 2 aromatic heterocycles. The second kappa shape index (κ2) is 8.47. The molecule has 3 aromatic carbocycles. The molecule has 0 aliphatic rings. The summed E-state index contributed by atoms with van der Waals surface area (Å²) in [5.74, 6) is 0.365. The zero-order valence-electron chi connectivity index (χ0n) is 17.6. The Morgan fingerprint density at radius 3 is 2.55 bits per heavy atom. The van der Waals surface area contributed by atoms with Gasteiger partial charge < -0.3 is 13.6 Å². The highest BCUT2D eigenvalue weighted by Gasteiger charge is 2.13. The van der Waals surface area contributed by atoms with Crippen LogP contribution >= 0.6 is 0 Å². The lowest BCUT2D eigenvalue weighted by molar-refractivity contribution is 0.0600. The third-order valence-corrected chi connectivity index (χ3v) is 5.23. The lowest BCUT2D eigenvalue weighted by Crippen LogP contribution is -2.16. The molecule has 5 aromatic rings. The van der Waals surface area contributed by atoms with Crippen LogP contribution in [0.15, 0.2) is 92.8 Å². The normalized spacial score (nSPS) is 11.3. The molecule has 0 saturated carbocycles. The van der Waals surface area contributed by atoms with Gasteiger partial charge in [0.15, 0.2) is 5.76 Å². The molecule has 33 heavy (non-hydrogen) atoms. The van der Waals surface area contributed by atoms with Crippen molar-refractivity contribution in [2.24, 2.45) is 5.10 Å². The number of amides is 1. The second-order valence-electron chi connectivity index (χ2n) is 7.28. The molecule has 1 N–H and O–H groups in total. The summed E-state index contributed by atoms with van der Waals surface area (Å²) in [5, 5.41) is 6.93. The van der Waals surface area contributed by atoms with E-state index >= 15 is 0 Å². The monoisotopic (exact) mass is 438 g/mol. The van der Waals surface area contributed by atoms with E-state index in [0.29, 0.717) is 22.7 Å². The van der Waals surface area contributed by atoms with Crippen molar-refractivity contribution in [2.75, 3.05) is 7.11 Å². The van der Waals surface area contributed by atoms with E-state index < -0.39 is 11.9 Å². The van der Waals surface area contributed by atoms with E-state index in [1.54, 1.807) is 42.5 Å². The third kappa shape index (κ3) is 3.99. The van der Waals surface area contributed by atoms with Gasteiger partial charge in [-0.15, -0.1) is 0 Å². The first-order chi connectivity index (χ1) is 16.1. The number of benzene rings is 3. The number of hydrazone groups is 1. The van der Waals surface area contributed by atoms with Gasteiger partial charge in [-0.25, -0.2) is 10.2 Å². The van der Waals surface area contributed by atoms with Crippen molar-refractivity contribution in [3.8, 4) is 11.3 Å². The number of carbonyl (C=O) groups is 2. The Kier molecular flexibility index (Phi) is 5.20. The molecule has 0 aliphatic heterocycles. The number of methoxy groups -OCH3 is 1. The van der Waals surface area contributed by atoms with Crippen molar-refractivity contribution in [1.29, 1.82) is 0 Å². The number of fused-ring (bicyclic) bond motifs is 3. The van der Waals surface area contributed by atoms with E-state index in [0.717, 1.165) is 21.7 Å². The minimum atomic E-state index is -0.461. The number of hydrogen-bond acceptors (Lipinski definition) is 6. The highest BCUT2D eigenvalue weighted by molar-refractivity contribution is 6.08. The molecule has 0 atom stereocenters. The highest BCUT2D eigenvalue weighted by atomic mass is 16.5. The van der Waals surface area contributed by atoms with E-state index in [1.807, 2.05) is 36.4 Å². The minimum Gasteiger partial charge on any atom is -0.465 e. The molecule has 7 heteroatoms. The van der Waals surface area contributed by atoms with Gasteiger partial charge in [0.1, 0.15) is 17.1 Å². The van der Waals surface area contributed by atoms with Gasteiger partial charge in [0.05, 0.1) is 18.9 Å². The molecule has 0 aliphatic carbocycles. The molecule has 0 radical (unpaired) electrons. The van der Waals surface area contributed by atoms with Crippen LogP contribution in [0.3, 0.4) is 0 Å². The molecule has 0 bridgehead atoms. The van der Waals surface area contributed by atoms with Crippen LogP contribution in [-0.4, -0.2) is 25.2 Å². The van der Waals surface area contributed by atoms with E-state index in [9.17, 15) is 9.59 Å². The second-order valence-corrected chi connectivity index (χ2v) is 7.28. The summed E-state index contributed by atoms with van der Waals surface area (Å²) in [6.07, 6.45) is 1.41. The van der Waals surface area contributed by atoms with Crippen molar-refractivity contribution in [1.82, 2.24) is 5.43 Å². The van der Waals surface area contributed by atoms with Gasteiger partial charge in [-0.2, -0.15) is 5.10 Å². The van der Waals surface area contributed by atoms with Crippen molar-refractivity contribution in [3.05, 3.63) is 95.9 Å². The molecular weight excluding hydrogens is 420 g/mol. The fourth-order valence-electron chi connectivity index (χ4n) is 3.58. The lowest BCUT2D eigenvalue weighted by Gasteiger charge is -2.00. The van der Waals surface area contributed by atoms with Crippen LogP contribution in [0.1, 0.15) is 26.7 Å². The fraction of sp³-hybridized carbons (Fsp3) is 0.0385. The Morgan fingerprint density at radius 1 is 0.909 bits per heavy atom. The van der Waals surface area contributed by atoms with Gasteiger partial charge in [0, 0.05) is 10.9 Å². The molecule has 0 saturated heterocycles. The van der Waals surface area contributed by atoms with Gasteiger partial charge in [0.25, 0.3) is 0 Å². The zero-order chi connectivity index (χ0) is 22.8. The first-order valence-electron chi connectivity index (χ1n) is 10.2. The van der Waals surface area contributed by atoms with Crippen molar-refractivity contribution >= 4 is 39.8 Å². The van der Waals surface area contributed by atoms with Crippen molar-refractivity contribution < 1.29 is 23.2 Å². The third-order valence-electron chi connectivity index (χ3n) is 5.23. The van der Waals surface area contributed by atoms with Crippen LogP contribution in [0, 0.1) is 0 Å². The summed E-state index contributed by atoms with van der Waals surface area (Å²) in [7, 11) is 1.34. The molecular formula is C26H18N2O5. The molecule has 162 valence electrons. The number of hydrogen-bond donors (Lipinski definition) is 1. The Hall–Kier alpha value is -4.65. The summed E-state index contributed by atoms with van der Waals surface area (Å²) >= 11 is 0. The van der Waals surface area contributed by atoms with Crippen LogP contribution < -0.4 is 5.43 Å². The summed E-state index contributed by atoms with van der Waals surface area (Å²) in [4.78, 5) is 24.0. The number of nitrogens with zero attached hydrogens (tertiary/aromatic N) is 1. The summed E-state index contributed by atoms with van der Waals surface area (Å²) in [5.41, 5.74) is 4.34. The SMILES string of the molecule is COC(=O)c1ccc(-c2ccc(/C=N/NC(=O)c3cc4c(ccc5ccccc54)o3)o2)cc1. The molecule has 0 spiro atoms. The van der Waals surface area contributed by atoms with E-state index in [2.05, 4.69) is 10.5 Å². The highest BCUT2D eigenvalue weighted by Crippen LogP contribution is 2.28. The smallest absolute Gasteiger partial charge is 0.337 e. The Morgan fingerprint density at radius 2 is 1.73 bits per heavy atom. The predicted molar refractivity (Wildman–Crippen MR) is 124 cm³/mol. The van der Waals surface area contributed by atoms with Gasteiger partial charge in [-0.05, 0) is 47.2 Å². The van der Waals surface area contributed by atoms with Crippen LogP contribution in [0.4, 0.5) is 0 Å². The summed E-state index contributed by atoms with van der Waals surface area (Å²) in [6.45, 7) is 0. The summed E-state index contributed by atoms with van der Waals surface area (Å²) in [6, 6.07) is 23.8. The maximum absolute atomic E-state index is 12.5. The molecule has 5 rings (SSSR count). The Labute approximate surface area is 188 Å². The van der Waals surface area contributed by atoms with E-state index in [4.69, 9.17) is 13.6 Å². The lowest BCUT2D eigenvalue weighted by atomic mass is 10.1. The molecule has 0 unspecified atom stereocenters. The predicted octanol–water partition coefficient (Wildman–Crippen LogP) is 5.40. The quantitative estimate of drug-likeness (QED) is 0.225. The van der Waals surface area contributed by atoms with Crippen molar-refractivity contribution in [2.45, 2.75) is 0 Å². The zero-order valence-corrected chi connectivity index (χ0v) is 17.6. The van der Waals surface area contributed by atoms with Gasteiger partial charge >= 0.3 is 11.9 Å². The first kappa shape index (κ1) is 20.3. The standard InChI is InChI=1S/C26H18N2O5/c1-31-26(30)18-8-6-17(7-9-18)22-13-11-19(32-22)15-27-28-25(29)24-14-21-20-5-3-2-4-16(20)10-12-23(21)33-24/h2-15H,1H3,(H,28,29)/b27-15+. The molecule has 1 amide bonds. The number of rotatable bonds is 5. The number of esters is 1. The number of nitrogens with one attached hydrogen (secondary N) is 1.